The van der Waals surface area contributed by atoms with Gasteiger partial charge in [-0.1, -0.05) is 13.0 Å². The zero-order valence-corrected chi connectivity index (χ0v) is 13.4. The van der Waals surface area contributed by atoms with E-state index in [1.165, 1.54) is 6.26 Å². The summed E-state index contributed by atoms with van der Waals surface area (Å²) in [5.74, 6) is 0.184. The van der Waals surface area contributed by atoms with E-state index in [0.29, 0.717) is 23.4 Å². The number of hydrogen-bond acceptors (Lipinski definition) is 4. The lowest BCUT2D eigenvalue weighted by Gasteiger charge is -2.13. The smallest absolute Gasteiger partial charge is 0.257 e. The number of fused-ring (bicyclic) bond motifs is 1. The van der Waals surface area contributed by atoms with Gasteiger partial charge in [-0.25, -0.2) is 0 Å². The highest BCUT2D eigenvalue weighted by atomic mass is 16.3. The van der Waals surface area contributed by atoms with Crippen LogP contribution in [-0.2, 0) is 13.1 Å². The van der Waals surface area contributed by atoms with Crippen molar-refractivity contribution in [2.75, 3.05) is 5.73 Å². The molecule has 0 spiro atoms. The second-order valence-corrected chi connectivity index (χ2v) is 5.57. The van der Waals surface area contributed by atoms with Gasteiger partial charge in [-0.2, -0.15) is 0 Å². The number of aryl methyl sites for hydroxylation is 1. The van der Waals surface area contributed by atoms with E-state index in [2.05, 4.69) is 5.32 Å². The molecule has 24 heavy (non-hydrogen) atoms. The van der Waals surface area contributed by atoms with Crippen molar-refractivity contribution in [2.24, 2.45) is 0 Å². The van der Waals surface area contributed by atoms with E-state index < -0.39 is 5.91 Å². The van der Waals surface area contributed by atoms with Crippen molar-refractivity contribution in [3.63, 3.8) is 0 Å². The fraction of sp³-hybridized carbons (Fsp3) is 0.222. The van der Waals surface area contributed by atoms with Crippen LogP contribution in [0.15, 0.2) is 52.0 Å². The first kappa shape index (κ1) is 15.9. The fourth-order valence-corrected chi connectivity index (χ4v) is 2.73. The second kappa shape index (κ2) is 6.62. The molecule has 3 rings (SSSR count). The number of nitrogens with zero attached hydrogens (tertiary/aromatic N) is 1. The minimum Gasteiger partial charge on any atom is -0.467 e. The van der Waals surface area contributed by atoms with Crippen LogP contribution in [0.3, 0.4) is 0 Å². The third-order valence-corrected chi connectivity index (χ3v) is 3.85. The van der Waals surface area contributed by atoms with Gasteiger partial charge in [0.25, 0.3) is 5.91 Å². The minimum atomic E-state index is -0.439. The van der Waals surface area contributed by atoms with Gasteiger partial charge in [0.05, 0.1) is 23.7 Å². The topological polar surface area (TPSA) is 90.3 Å². The van der Waals surface area contributed by atoms with Gasteiger partial charge in [0.2, 0.25) is 5.43 Å². The van der Waals surface area contributed by atoms with Crippen molar-refractivity contribution in [3.8, 4) is 0 Å². The van der Waals surface area contributed by atoms with E-state index in [1.54, 1.807) is 30.5 Å². The van der Waals surface area contributed by atoms with Gasteiger partial charge >= 0.3 is 0 Å². The highest BCUT2D eigenvalue weighted by molar-refractivity contribution is 6.00. The maximum absolute atomic E-state index is 12.7. The molecule has 2 heterocycles. The van der Waals surface area contributed by atoms with Crippen molar-refractivity contribution in [1.29, 1.82) is 0 Å². The Balaban J connectivity index is 2.03. The Hall–Kier alpha value is -3.02. The van der Waals surface area contributed by atoms with Crippen LogP contribution in [0.2, 0.25) is 0 Å². The summed E-state index contributed by atoms with van der Waals surface area (Å²) in [5.41, 5.74) is 6.83. The summed E-state index contributed by atoms with van der Waals surface area (Å²) in [4.78, 5) is 25.2. The molecule has 0 fully saturated rings. The Labute approximate surface area is 138 Å². The van der Waals surface area contributed by atoms with Gasteiger partial charge in [0.1, 0.15) is 11.3 Å². The molecular formula is C18H19N3O3. The Morgan fingerprint density at radius 3 is 2.83 bits per heavy atom. The van der Waals surface area contributed by atoms with Crippen LogP contribution >= 0.6 is 0 Å². The SMILES string of the molecule is CCCn1cc(C(=O)NCc2ccco2)c(=O)c2c(N)cccc21. The second-order valence-electron chi connectivity index (χ2n) is 5.57. The number of anilines is 1. The highest BCUT2D eigenvalue weighted by Gasteiger charge is 2.17. The quantitative estimate of drug-likeness (QED) is 0.705. The van der Waals surface area contributed by atoms with Gasteiger partial charge in [-0.05, 0) is 30.7 Å². The average molecular weight is 325 g/mol. The first-order chi connectivity index (χ1) is 11.6. The number of aromatic nitrogens is 1. The summed E-state index contributed by atoms with van der Waals surface area (Å²) in [6, 6.07) is 8.82. The molecule has 1 amide bonds. The molecule has 2 aromatic heterocycles. The van der Waals surface area contributed by atoms with Gasteiger partial charge in [0.15, 0.2) is 0 Å². The predicted octanol–water partition coefficient (Wildman–Crippen LogP) is 2.52. The molecule has 124 valence electrons. The molecule has 0 radical (unpaired) electrons. The van der Waals surface area contributed by atoms with Crippen LogP contribution in [0.1, 0.15) is 29.5 Å². The average Bonchev–Trinajstić information content (AvgIpc) is 3.08. The molecule has 0 saturated heterocycles. The number of nitrogen functional groups attached to an aromatic ring is 1. The van der Waals surface area contributed by atoms with Crippen LogP contribution in [0.5, 0.6) is 0 Å². The lowest BCUT2D eigenvalue weighted by molar-refractivity contribution is 0.0946. The normalized spacial score (nSPS) is 10.9. The Bertz CT molecular complexity index is 927. The Kier molecular flexibility index (Phi) is 4.37. The monoisotopic (exact) mass is 325 g/mol. The molecule has 3 N–H and O–H groups in total. The van der Waals surface area contributed by atoms with E-state index in [0.717, 1.165) is 11.9 Å². The predicted molar refractivity (Wildman–Crippen MR) is 92.8 cm³/mol. The summed E-state index contributed by atoms with van der Waals surface area (Å²) < 4.78 is 7.08. The van der Waals surface area contributed by atoms with Crippen molar-refractivity contribution in [2.45, 2.75) is 26.4 Å². The number of carbonyl (C=O) groups excluding carboxylic acids is 1. The molecular weight excluding hydrogens is 306 g/mol. The molecule has 0 atom stereocenters. The van der Waals surface area contributed by atoms with Crippen molar-refractivity contribution in [1.82, 2.24) is 9.88 Å². The number of nitrogens with two attached hydrogens (primary N) is 1. The van der Waals surface area contributed by atoms with Crippen molar-refractivity contribution < 1.29 is 9.21 Å². The summed E-state index contributed by atoms with van der Waals surface area (Å²) in [6.45, 7) is 2.95. The van der Waals surface area contributed by atoms with Crippen LogP contribution in [0.4, 0.5) is 5.69 Å². The zero-order valence-electron chi connectivity index (χ0n) is 13.4. The number of nitrogens with one attached hydrogen (secondary N) is 1. The number of benzene rings is 1. The third kappa shape index (κ3) is 2.90. The minimum absolute atomic E-state index is 0.0837. The largest absolute Gasteiger partial charge is 0.467 e. The maximum atomic E-state index is 12.7. The number of amides is 1. The first-order valence-electron chi connectivity index (χ1n) is 7.84. The van der Waals surface area contributed by atoms with Gasteiger partial charge in [0, 0.05) is 18.4 Å². The lowest BCUT2D eigenvalue weighted by atomic mass is 10.1. The standard InChI is InChI=1S/C18H19N3O3/c1-2-8-21-11-13(18(23)20-10-12-5-4-9-24-12)17(22)16-14(19)6-3-7-15(16)21/h3-7,9,11H,2,8,10,19H2,1H3,(H,20,23). The number of furan rings is 1. The van der Waals surface area contributed by atoms with Crippen molar-refractivity contribution in [3.05, 3.63) is 64.3 Å². The molecule has 0 aliphatic carbocycles. The van der Waals surface area contributed by atoms with Gasteiger partial charge in [-0.15, -0.1) is 0 Å². The highest BCUT2D eigenvalue weighted by Crippen LogP contribution is 2.19. The summed E-state index contributed by atoms with van der Waals surface area (Å²) in [7, 11) is 0. The number of pyridine rings is 1. The van der Waals surface area contributed by atoms with Crippen LogP contribution in [0.25, 0.3) is 10.9 Å². The molecule has 6 nitrogen and oxygen atoms in total. The molecule has 1 aromatic carbocycles. The maximum Gasteiger partial charge on any atom is 0.257 e. The van der Waals surface area contributed by atoms with Crippen molar-refractivity contribution >= 4 is 22.5 Å². The Morgan fingerprint density at radius 2 is 2.12 bits per heavy atom. The van der Waals surface area contributed by atoms with Gasteiger partial charge in [-0.3, -0.25) is 9.59 Å². The van der Waals surface area contributed by atoms with E-state index in [4.69, 9.17) is 10.2 Å². The molecule has 6 heteroatoms. The van der Waals surface area contributed by atoms with Gasteiger partial charge < -0.3 is 20.0 Å². The molecule has 0 unspecified atom stereocenters. The fourth-order valence-electron chi connectivity index (χ4n) is 2.73. The first-order valence-corrected chi connectivity index (χ1v) is 7.84. The third-order valence-electron chi connectivity index (χ3n) is 3.85. The molecule has 0 aliphatic heterocycles. The molecule has 0 saturated carbocycles. The van der Waals surface area contributed by atoms with Crippen LogP contribution in [-0.4, -0.2) is 10.5 Å². The zero-order chi connectivity index (χ0) is 17.1. The summed E-state index contributed by atoms with van der Waals surface area (Å²) >= 11 is 0. The molecule has 0 aliphatic rings. The van der Waals surface area contributed by atoms with Crippen LogP contribution in [0, 0.1) is 0 Å². The summed E-state index contributed by atoms with van der Waals surface area (Å²) in [5, 5.41) is 3.09. The number of rotatable bonds is 5. The number of carbonyl (C=O) groups is 1. The Morgan fingerprint density at radius 1 is 1.29 bits per heavy atom. The van der Waals surface area contributed by atoms with E-state index in [-0.39, 0.29) is 17.5 Å². The summed E-state index contributed by atoms with van der Waals surface area (Å²) in [6.07, 6.45) is 4.01. The number of hydrogen-bond donors (Lipinski definition) is 2. The molecule has 0 bridgehead atoms. The van der Waals surface area contributed by atoms with Crippen LogP contribution < -0.4 is 16.5 Å². The molecule has 3 aromatic rings. The lowest BCUT2D eigenvalue weighted by Crippen LogP contribution is -2.29. The van der Waals surface area contributed by atoms with E-state index in [1.807, 2.05) is 17.6 Å². The van der Waals surface area contributed by atoms with E-state index in [9.17, 15) is 9.59 Å². The van der Waals surface area contributed by atoms with E-state index >= 15 is 0 Å².